The molecular weight excluding hydrogens is 288 g/mol. The van der Waals surface area contributed by atoms with Crippen LogP contribution in [-0.2, 0) is 10.0 Å². The Balaban J connectivity index is 2.45. The van der Waals surface area contributed by atoms with E-state index in [0.717, 1.165) is 6.20 Å². The molecule has 2 aromatic rings. The Labute approximate surface area is 115 Å². The molecular formula is C11H9ClN4O2S. The van der Waals surface area contributed by atoms with Crippen molar-refractivity contribution < 1.29 is 8.42 Å². The number of halogens is 1. The van der Waals surface area contributed by atoms with Gasteiger partial charge in [-0.3, -0.25) is 9.97 Å². The number of pyridine rings is 2. The van der Waals surface area contributed by atoms with Gasteiger partial charge in [-0.2, -0.15) is 8.42 Å². The number of nitrogens with two attached hydrogens (primary N) is 1. The molecule has 6 nitrogen and oxygen atoms in total. The lowest BCUT2D eigenvalue weighted by Crippen LogP contribution is -2.16. The molecule has 0 aromatic carbocycles. The first-order chi connectivity index (χ1) is 9.00. The third-order valence-corrected chi connectivity index (χ3v) is 3.95. The highest BCUT2D eigenvalue weighted by atomic mass is 35.5. The maximum Gasteiger partial charge on any atom is 0.287 e. The van der Waals surface area contributed by atoms with Gasteiger partial charge in [0.05, 0.1) is 5.02 Å². The molecule has 0 spiro atoms. The summed E-state index contributed by atoms with van der Waals surface area (Å²) in [6.07, 6.45) is 5.47. The number of nitrogens with zero attached hydrogens (tertiary/aromatic N) is 3. The van der Waals surface area contributed by atoms with Crippen molar-refractivity contribution in [2.24, 2.45) is 10.1 Å². The van der Waals surface area contributed by atoms with Crippen LogP contribution in [-0.4, -0.2) is 24.2 Å². The van der Waals surface area contributed by atoms with E-state index >= 15 is 0 Å². The monoisotopic (exact) mass is 296 g/mol. The third kappa shape index (κ3) is 3.07. The first-order valence-corrected chi connectivity index (χ1v) is 6.93. The number of sulfonamides is 1. The summed E-state index contributed by atoms with van der Waals surface area (Å²) in [6, 6.07) is 4.60. The van der Waals surface area contributed by atoms with E-state index in [1.807, 2.05) is 0 Å². The standard InChI is InChI=1S/C11H9ClN4O2S/c12-9-3-5-15-7-10(9)19(17,18)16-11(13)8-2-1-4-14-6-8/h1-7H,(H2,13,16). The normalized spacial score (nSPS) is 12.4. The molecule has 0 unspecified atom stereocenters. The lowest BCUT2D eigenvalue weighted by molar-refractivity contribution is 0.597. The Morgan fingerprint density at radius 1 is 1.21 bits per heavy atom. The Morgan fingerprint density at radius 2 is 1.95 bits per heavy atom. The molecule has 2 rings (SSSR count). The fourth-order valence-electron chi connectivity index (χ4n) is 1.30. The third-order valence-electron chi connectivity index (χ3n) is 2.19. The van der Waals surface area contributed by atoms with Crippen LogP contribution in [0.25, 0.3) is 0 Å². The van der Waals surface area contributed by atoms with Crippen LogP contribution in [0.3, 0.4) is 0 Å². The number of hydrogen-bond acceptors (Lipinski definition) is 4. The summed E-state index contributed by atoms with van der Waals surface area (Å²) in [5.41, 5.74) is 6.04. The molecule has 2 aromatic heterocycles. The molecule has 19 heavy (non-hydrogen) atoms. The molecule has 0 atom stereocenters. The smallest absolute Gasteiger partial charge is 0.287 e. The molecule has 98 valence electrons. The quantitative estimate of drug-likeness (QED) is 0.678. The molecule has 0 aliphatic heterocycles. The van der Waals surface area contributed by atoms with E-state index in [0.29, 0.717) is 5.56 Å². The Bertz CT molecular complexity index is 716. The number of hydrogen-bond donors (Lipinski definition) is 1. The Kier molecular flexibility index (Phi) is 3.77. The highest BCUT2D eigenvalue weighted by Crippen LogP contribution is 2.21. The fourth-order valence-corrected chi connectivity index (χ4v) is 2.67. The number of rotatable bonds is 3. The highest BCUT2D eigenvalue weighted by Gasteiger charge is 2.18. The van der Waals surface area contributed by atoms with Crippen molar-refractivity contribution in [1.82, 2.24) is 9.97 Å². The van der Waals surface area contributed by atoms with Crippen LogP contribution in [0, 0.1) is 0 Å². The van der Waals surface area contributed by atoms with Crippen LogP contribution in [0.1, 0.15) is 5.56 Å². The lowest BCUT2D eigenvalue weighted by Gasteiger charge is -2.03. The fraction of sp³-hybridized carbons (Fsp3) is 0. The van der Waals surface area contributed by atoms with E-state index in [4.69, 9.17) is 17.3 Å². The summed E-state index contributed by atoms with van der Waals surface area (Å²) < 4.78 is 27.6. The predicted molar refractivity (Wildman–Crippen MR) is 71.4 cm³/mol. The van der Waals surface area contributed by atoms with E-state index in [1.165, 1.54) is 18.5 Å². The summed E-state index contributed by atoms with van der Waals surface area (Å²) in [6.45, 7) is 0. The zero-order chi connectivity index (χ0) is 13.9. The molecule has 0 amide bonds. The van der Waals surface area contributed by atoms with Crippen molar-refractivity contribution in [2.45, 2.75) is 4.90 Å². The van der Waals surface area contributed by atoms with Crippen LogP contribution in [0.4, 0.5) is 0 Å². The van der Waals surface area contributed by atoms with E-state index in [1.54, 1.807) is 18.3 Å². The molecule has 2 N–H and O–H groups in total. The topological polar surface area (TPSA) is 98.3 Å². The van der Waals surface area contributed by atoms with Gasteiger partial charge in [-0.05, 0) is 18.2 Å². The molecule has 0 fully saturated rings. The van der Waals surface area contributed by atoms with Gasteiger partial charge in [-0.15, -0.1) is 4.40 Å². The van der Waals surface area contributed by atoms with E-state index in [2.05, 4.69) is 14.4 Å². The van der Waals surface area contributed by atoms with Crippen LogP contribution in [0.2, 0.25) is 5.02 Å². The van der Waals surface area contributed by atoms with E-state index < -0.39 is 10.0 Å². The summed E-state index contributed by atoms with van der Waals surface area (Å²) in [7, 11) is -4.00. The lowest BCUT2D eigenvalue weighted by atomic mass is 10.3. The van der Waals surface area contributed by atoms with E-state index in [9.17, 15) is 8.42 Å². The van der Waals surface area contributed by atoms with Crippen LogP contribution in [0.15, 0.2) is 52.3 Å². The molecule has 0 saturated heterocycles. The largest absolute Gasteiger partial charge is 0.382 e. The maximum atomic E-state index is 12.0. The first-order valence-electron chi connectivity index (χ1n) is 5.11. The summed E-state index contributed by atoms with van der Waals surface area (Å²) in [5.74, 6) is -0.159. The second kappa shape index (κ2) is 5.33. The van der Waals surface area contributed by atoms with Crippen LogP contribution in [0.5, 0.6) is 0 Å². The molecule has 0 aliphatic carbocycles. The molecule has 0 aliphatic rings. The van der Waals surface area contributed by atoms with Crippen molar-refractivity contribution in [3.63, 3.8) is 0 Å². The summed E-state index contributed by atoms with van der Waals surface area (Å²) in [4.78, 5) is 7.35. The zero-order valence-electron chi connectivity index (χ0n) is 9.56. The molecule has 0 radical (unpaired) electrons. The molecule has 8 heteroatoms. The van der Waals surface area contributed by atoms with Gasteiger partial charge in [0.25, 0.3) is 10.0 Å². The van der Waals surface area contributed by atoms with Crippen molar-refractivity contribution in [3.05, 3.63) is 53.6 Å². The van der Waals surface area contributed by atoms with Crippen molar-refractivity contribution in [3.8, 4) is 0 Å². The summed E-state index contributed by atoms with van der Waals surface area (Å²) >= 11 is 5.80. The van der Waals surface area contributed by atoms with Crippen molar-refractivity contribution in [1.29, 1.82) is 0 Å². The van der Waals surface area contributed by atoms with Gasteiger partial charge < -0.3 is 5.73 Å². The average Bonchev–Trinajstić information content (AvgIpc) is 2.39. The predicted octanol–water partition coefficient (Wildman–Crippen LogP) is 1.22. The Morgan fingerprint density at radius 3 is 2.58 bits per heavy atom. The molecule has 0 bridgehead atoms. The van der Waals surface area contributed by atoms with Gasteiger partial charge in [-0.1, -0.05) is 11.6 Å². The molecule has 2 heterocycles. The Hall–Kier alpha value is -1.99. The minimum atomic E-state index is -4.00. The highest BCUT2D eigenvalue weighted by molar-refractivity contribution is 7.90. The van der Waals surface area contributed by atoms with Crippen LogP contribution < -0.4 is 5.73 Å². The minimum Gasteiger partial charge on any atom is -0.382 e. The van der Waals surface area contributed by atoms with Crippen LogP contribution >= 0.6 is 11.6 Å². The number of aromatic nitrogens is 2. The van der Waals surface area contributed by atoms with Gasteiger partial charge >= 0.3 is 0 Å². The second-order valence-electron chi connectivity index (χ2n) is 3.50. The van der Waals surface area contributed by atoms with Crippen molar-refractivity contribution >= 4 is 27.5 Å². The van der Waals surface area contributed by atoms with E-state index in [-0.39, 0.29) is 15.8 Å². The zero-order valence-corrected chi connectivity index (χ0v) is 11.1. The molecule has 0 saturated carbocycles. The van der Waals surface area contributed by atoms with Gasteiger partial charge in [0.15, 0.2) is 0 Å². The van der Waals surface area contributed by atoms with Gasteiger partial charge in [-0.25, -0.2) is 0 Å². The average molecular weight is 297 g/mol. The second-order valence-corrected chi connectivity index (χ2v) is 5.48. The van der Waals surface area contributed by atoms with Gasteiger partial charge in [0, 0.05) is 30.4 Å². The number of amidine groups is 1. The van der Waals surface area contributed by atoms with Gasteiger partial charge in [0.1, 0.15) is 10.7 Å². The van der Waals surface area contributed by atoms with Gasteiger partial charge in [0.2, 0.25) is 0 Å². The summed E-state index contributed by atoms with van der Waals surface area (Å²) in [5, 5.41) is 0.0396. The first kappa shape index (κ1) is 13.4. The minimum absolute atomic E-state index is 0.0396. The SMILES string of the molecule is N/C(=N\S(=O)(=O)c1cnccc1Cl)c1cccnc1. The van der Waals surface area contributed by atoms with Crippen molar-refractivity contribution in [2.75, 3.05) is 0 Å². The maximum absolute atomic E-state index is 12.0.